The lowest BCUT2D eigenvalue weighted by Crippen LogP contribution is -2.36. The minimum Gasteiger partial charge on any atom is -0.316 e. The van der Waals surface area contributed by atoms with Crippen LogP contribution in [-0.2, 0) is 7.05 Å². The fourth-order valence-electron chi connectivity index (χ4n) is 3.14. The number of rotatable bonds is 3. The Hall–Kier alpha value is -0.550. The third-order valence-electron chi connectivity index (χ3n) is 4.50. The molecule has 1 aromatic rings. The van der Waals surface area contributed by atoms with Crippen LogP contribution >= 0.6 is 11.8 Å². The highest BCUT2D eigenvalue weighted by Crippen LogP contribution is 2.30. The fourth-order valence-corrected chi connectivity index (χ4v) is 4.44. The Labute approximate surface area is 133 Å². The minimum absolute atomic E-state index is 0.589. The number of hydrogen-bond donors (Lipinski definition) is 1. The second-order valence-electron chi connectivity index (χ2n) is 6.18. The zero-order chi connectivity index (χ0) is 14.9. The lowest BCUT2D eigenvalue weighted by atomic mass is 9.97. The van der Waals surface area contributed by atoms with E-state index in [1.165, 1.54) is 64.2 Å². The van der Waals surface area contributed by atoms with E-state index < -0.39 is 0 Å². The van der Waals surface area contributed by atoms with Crippen molar-refractivity contribution in [3.8, 4) is 0 Å². The molecule has 1 aromatic heterocycles. The van der Waals surface area contributed by atoms with Gasteiger partial charge in [0.05, 0.1) is 0 Å². The van der Waals surface area contributed by atoms with Gasteiger partial charge in [-0.15, -0.1) is 10.2 Å². The standard InChI is InChI=1S/C16H30N4S/c1-17-14-11-9-7-5-3-4-6-8-10-12-15(14)21-16-19-18-13-20(16)2/h13-15,17H,3-12H2,1-2H3. The van der Waals surface area contributed by atoms with Crippen molar-refractivity contribution in [2.45, 2.75) is 80.7 Å². The van der Waals surface area contributed by atoms with E-state index in [9.17, 15) is 0 Å². The minimum atomic E-state index is 0.589. The summed E-state index contributed by atoms with van der Waals surface area (Å²) in [7, 11) is 4.15. The maximum Gasteiger partial charge on any atom is 0.191 e. The highest BCUT2D eigenvalue weighted by Gasteiger charge is 2.22. The van der Waals surface area contributed by atoms with E-state index in [2.05, 4.69) is 22.6 Å². The second-order valence-corrected chi connectivity index (χ2v) is 7.39. The van der Waals surface area contributed by atoms with Gasteiger partial charge in [0.2, 0.25) is 0 Å². The van der Waals surface area contributed by atoms with Crippen molar-refractivity contribution >= 4 is 11.8 Å². The number of thioether (sulfide) groups is 1. The number of nitrogens with zero attached hydrogens (tertiary/aromatic N) is 3. The van der Waals surface area contributed by atoms with Crippen LogP contribution in [0.25, 0.3) is 0 Å². The molecule has 2 rings (SSSR count). The van der Waals surface area contributed by atoms with Crippen LogP contribution < -0.4 is 5.32 Å². The molecule has 1 aliphatic carbocycles. The molecule has 1 saturated carbocycles. The number of hydrogen-bond acceptors (Lipinski definition) is 4. The van der Waals surface area contributed by atoms with Crippen molar-refractivity contribution < 1.29 is 0 Å². The lowest BCUT2D eigenvalue weighted by Gasteiger charge is -2.26. The molecule has 0 bridgehead atoms. The summed E-state index contributed by atoms with van der Waals surface area (Å²) in [5.41, 5.74) is 0. The van der Waals surface area contributed by atoms with Gasteiger partial charge in [-0.25, -0.2) is 0 Å². The molecule has 2 unspecified atom stereocenters. The molecule has 0 radical (unpaired) electrons. The Morgan fingerprint density at radius 2 is 1.67 bits per heavy atom. The van der Waals surface area contributed by atoms with E-state index >= 15 is 0 Å². The average molecular weight is 311 g/mol. The predicted octanol–water partition coefficient (Wildman–Crippen LogP) is 3.78. The Morgan fingerprint density at radius 1 is 1.05 bits per heavy atom. The third-order valence-corrected chi connectivity index (χ3v) is 5.95. The van der Waals surface area contributed by atoms with Crippen LogP contribution in [0.4, 0.5) is 0 Å². The summed E-state index contributed by atoms with van der Waals surface area (Å²) in [4.78, 5) is 0. The summed E-state index contributed by atoms with van der Waals surface area (Å²) in [6, 6.07) is 0.589. The largest absolute Gasteiger partial charge is 0.316 e. The number of aromatic nitrogens is 3. The summed E-state index contributed by atoms with van der Waals surface area (Å²) in [5.74, 6) is 0. The van der Waals surface area contributed by atoms with Gasteiger partial charge in [-0.1, -0.05) is 63.1 Å². The van der Waals surface area contributed by atoms with E-state index in [1.807, 2.05) is 23.4 Å². The topological polar surface area (TPSA) is 42.7 Å². The van der Waals surface area contributed by atoms with E-state index in [4.69, 9.17) is 0 Å². The quantitative estimate of drug-likeness (QED) is 0.922. The fraction of sp³-hybridized carbons (Fsp3) is 0.875. The molecule has 5 heteroatoms. The van der Waals surface area contributed by atoms with E-state index in [0.29, 0.717) is 11.3 Å². The normalized spacial score (nSPS) is 26.0. The zero-order valence-electron chi connectivity index (χ0n) is 13.6. The van der Waals surface area contributed by atoms with Crippen LogP contribution in [0.1, 0.15) is 64.2 Å². The first-order valence-electron chi connectivity index (χ1n) is 8.49. The monoisotopic (exact) mass is 310 g/mol. The van der Waals surface area contributed by atoms with Gasteiger partial charge < -0.3 is 9.88 Å². The summed E-state index contributed by atoms with van der Waals surface area (Å²) in [6.07, 6.45) is 15.5. The highest BCUT2D eigenvalue weighted by molar-refractivity contribution is 7.99. The molecule has 1 fully saturated rings. The third kappa shape index (κ3) is 5.62. The summed E-state index contributed by atoms with van der Waals surface area (Å²) < 4.78 is 2.04. The Kier molecular flexibility index (Phi) is 7.58. The van der Waals surface area contributed by atoms with Crippen LogP contribution in [0.5, 0.6) is 0 Å². The van der Waals surface area contributed by atoms with Crippen molar-refractivity contribution in [2.75, 3.05) is 7.05 Å². The summed E-state index contributed by atoms with van der Waals surface area (Å²) in [5, 5.41) is 13.5. The van der Waals surface area contributed by atoms with Gasteiger partial charge >= 0.3 is 0 Å². The highest BCUT2D eigenvalue weighted by atomic mass is 32.2. The van der Waals surface area contributed by atoms with Gasteiger partial charge in [-0.2, -0.15) is 0 Å². The first kappa shape index (κ1) is 16.8. The van der Waals surface area contributed by atoms with E-state index in [1.54, 1.807) is 6.33 Å². The first-order valence-corrected chi connectivity index (χ1v) is 9.37. The molecule has 120 valence electrons. The summed E-state index contributed by atoms with van der Waals surface area (Å²) >= 11 is 1.91. The van der Waals surface area contributed by atoms with Gasteiger partial charge in [0.25, 0.3) is 0 Å². The molecule has 21 heavy (non-hydrogen) atoms. The van der Waals surface area contributed by atoms with Crippen molar-refractivity contribution in [3.05, 3.63) is 6.33 Å². The first-order chi connectivity index (χ1) is 10.3. The lowest BCUT2D eigenvalue weighted by molar-refractivity contribution is 0.433. The van der Waals surface area contributed by atoms with Gasteiger partial charge in [-0.05, 0) is 19.9 Å². The van der Waals surface area contributed by atoms with Crippen LogP contribution in [0, 0.1) is 0 Å². The Morgan fingerprint density at radius 3 is 2.24 bits per heavy atom. The molecule has 1 N–H and O–H groups in total. The van der Waals surface area contributed by atoms with Crippen molar-refractivity contribution in [3.63, 3.8) is 0 Å². The molecule has 1 aliphatic rings. The zero-order valence-corrected chi connectivity index (χ0v) is 14.4. The maximum atomic E-state index is 4.26. The molecule has 2 atom stereocenters. The van der Waals surface area contributed by atoms with Gasteiger partial charge in [0.15, 0.2) is 5.16 Å². The number of aryl methyl sites for hydroxylation is 1. The van der Waals surface area contributed by atoms with Crippen molar-refractivity contribution in [1.29, 1.82) is 0 Å². The molecule has 0 aliphatic heterocycles. The maximum absolute atomic E-state index is 4.26. The molecule has 0 amide bonds. The Balaban J connectivity index is 1.97. The van der Waals surface area contributed by atoms with Gasteiger partial charge in [-0.3, -0.25) is 0 Å². The molecular weight excluding hydrogens is 280 g/mol. The van der Waals surface area contributed by atoms with Crippen LogP contribution in [0.15, 0.2) is 11.5 Å². The van der Waals surface area contributed by atoms with Crippen LogP contribution in [-0.4, -0.2) is 33.1 Å². The van der Waals surface area contributed by atoms with Crippen LogP contribution in [0.3, 0.4) is 0 Å². The molecule has 0 spiro atoms. The predicted molar refractivity (Wildman–Crippen MR) is 89.7 cm³/mol. The SMILES string of the molecule is CNC1CCCCCCCCCCC1Sc1nncn1C. The van der Waals surface area contributed by atoms with Crippen molar-refractivity contribution in [2.24, 2.45) is 7.05 Å². The van der Waals surface area contributed by atoms with E-state index in [-0.39, 0.29) is 0 Å². The molecule has 4 nitrogen and oxygen atoms in total. The van der Waals surface area contributed by atoms with Gasteiger partial charge in [0, 0.05) is 18.3 Å². The molecule has 1 heterocycles. The summed E-state index contributed by atoms with van der Waals surface area (Å²) in [6.45, 7) is 0. The molecular formula is C16H30N4S. The average Bonchev–Trinajstić information content (AvgIpc) is 2.87. The van der Waals surface area contributed by atoms with Crippen LogP contribution in [0.2, 0.25) is 0 Å². The second kappa shape index (κ2) is 9.46. The van der Waals surface area contributed by atoms with E-state index in [0.717, 1.165) is 5.16 Å². The Bertz CT molecular complexity index is 393. The van der Waals surface area contributed by atoms with Gasteiger partial charge in [0.1, 0.15) is 6.33 Å². The molecule has 0 saturated heterocycles. The molecule has 0 aromatic carbocycles. The smallest absolute Gasteiger partial charge is 0.191 e. The van der Waals surface area contributed by atoms with Crippen molar-refractivity contribution in [1.82, 2.24) is 20.1 Å². The number of nitrogens with one attached hydrogen (secondary N) is 1.